The fourth-order valence-electron chi connectivity index (χ4n) is 2.52. The monoisotopic (exact) mass is 396 g/mol. The highest BCUT2D eigenvalue weighted by atomic mass is 79.9. The molecule has 0 fully saturated rings. The molecule has 25 heavy (non-hydrogen) atoms. The molecule has 0 heterocycles. The van der Waals surface area contributed by atoms with Crippen molar-refractivity contribution in [2.75, 3.05) is 12.4 Å². The molecule has 0 amide bonds. The normalized spacial score (nSPS) is 11.4. The molecule has 0 N–H and O–H groups in total. The van der Waals surface area contributed by atoms with E-state index in [2.05, 4.69) is 22.0 Å². The molecule has 0 bridgehead atoms. The Morgan fingerprint density at radius 2 is 1.72 bits per heavy atom. The van der Waals surface area contributed by atoms with Gasteiger partial charge in [-0.1, -0.05) is 64.5 Å². The van der Waals surface area contributed by atoms with Gasteiger partial charge in [-0.25, -0.2) is 4.79 Å². The van der Waals surface area contributed by atoms with Gasteiger partial charge >= 0.3 is 5.97 Å². The zero-order valence-electron chi connectivity index (χ0n) is 13.7. The van der Waals surface area contributed by atoms with E-state index in [0.29, 0.717) is 16.7 Å². The lowest BCUT2D eigenvalue weighted by atomic mass is 10.1. The summed E-state index contributed by atoms with van der Waals surface area (Å²) in [5.41, 5.74) is 1.34. The molecule has 0 unspecified atom stereocenters. The molecule has 3 rings (SSSR count). The second kappa shape index (κ2) is 7.99. The fraction of sp³-hybridized carbons (Fsp3) is 0.0952. The van der Waals surface area contributed by atoms with Gasteiger partial charge < -0.3 is 9.47 Å². The SMILES string of the molecule is COC(=O)/C(=C\c1ccccc1Oc1ccc2ccccc2c1)CBr. The number of carbonyl (C=O) groups is 1. The number of esters is 1. The Morgan fingerprint density at radius 1 is 1.00 bits per heavy atom. The minimum atomic E-state index is -0.364. The molecule has 0 saturated heterocycles. The van der Waals surface area contributed by atoms with Crippen molar-refractivity contribution < 1.29 is 14.3 Å². The molecule has 0 radical (unpaired) electrons. The minimum absolute atomic E-state index is 0.364. The molecule has 0 aliphatic rings. The first-order valence-corrected chi connectivity index (χ1v) is 8.94. The predicted molar refractivity (Wildman–Crippen MR) is 104 cm³/mol. The molecule has 0 spiro atoms. The molecule has 3 aromatic carbocycles. The summed E-state index contributed by atoms with van der Waals surface area (Å²) in [7, 11) is 1.37. The number of hydrogen-bond acceptors (Lipinski definition) is 3. The average Bonchev–Trinajstić information content (AvgIpc) is 2.66. The Kier molecular flexibility index (Phi) is 5.51. The number of rotatable bonds is 5. The summed E-state index contributed by atoms with van der Waals surface area (Å²) in [6.07, 6.45) is 1.77. The third-order valence-corrected chi connectivity index (χ3v) is 4.39. The maximum absolute atomic E-state index is 11.8. The first-order valence-electron chi connectivity index (χ1n) is 7.82. The molecule has 126 valence electrons. The van der Waals surface area contributed by atoms with E-state index < -0.39 is 0 Å². The zero-order chi connectivity index (χ0) is 17.6. The Hall–Kier alpha value is -2.59. The van der Waals surface area contributed by atoms with Crippen LogP contribution in [0.2, 0.25) is 0 Å². The van der Waals surface area contributed by atoms with E-state index in [4.69, 9.17) is 9.47 Å². The van der Waals surface area contributed by atoms with Gasteiger partial charge in [-0.2, -0.15) is 0 Å². The molecule has 0 aliphatic heterocycles. The Balaban J connectivity index is 1.94. The van der Waals surface area contributed by atoms with E-state index >= 15 is 0 Å². The van der Waals surface area contributed by atoms with E-state index in [1.807, 2.05) is 60.7 Å². The van der Waals surface area contributed by atoms with Crippen molar-refractivity contribution >= 4 is 38.7 Å². The van der Waals surface area contributed by atoms with Crippen LogP contribution in [-0.4, -0.2) is 18.4 Å². The minimum Gasteiger partial charge on any atom is -0.466 e. The van der Waals surface area contributed by atoms with E-state index in [9.17, 15) is 4.79 Å². The number of para-hydroxylation sites is 1. The maximum Gasteiger partial charge on any atom is 0.334 e. The van der Waals surface area contributed by atoms with Gasteiger partial charge in [0.05, 0.1) is 7.11 Å². The number of ether oxygens (including phenoxy) is 2. The number of hydrogen-bond donors (Lipinski definition) is 0. The van der Waals surface area contributed by atoms with Crippen LogP contribution in [0.4, 0.5) is 0 Å². The quantitative estimate of drug-likeness (QED) is 0.320. The third-order valence-electron chi connectivity index (χ3n) is 3.79. The number of benzene rings is 3. The summed E-state index contributed by atoms with van der Waals surface area (Å²) in [4.78, 5) is 11.8. The summed E-state index contributed by atoms with van der Waals surface area (Å²) in [6, 6.07) is 21.7. The van der Waals surface area contributed by atoms with Gasteiger partial charge in [0.25, 0.3) is 0 Å². The standard InChI is InChI=1S/C21H17BrO3/c1-24-21(23)18(14-22)12-17-8-4-5-9-20(17)25-19-11-10-15-6-2-3-7-16(15)13-19/h2-13H,14H2,1H3/b18-12-. The van der Waals surface area contributed by atoms with Crippen molar-refractivity contribution in [2.24, 2.45) is 0 Å². The van der Waals surface area contributed by atoms with Gasteiger partial charge in [0.2, 0.25) is 0 Å². The average molecular weight is 397 g/mol. The molecule has 0 atom stereocenters. The van der Waals surface area contributed by atoms with Crippen LogP contribution in [0.15, 0.2) is 72.3 Å². The largest absolute Gasteiger partial charge is 0.466 e. The van der Waals surface area contributed by atoms with Crippen molar-refractivity contribution in [1.82, 2.24) is 0 Å². The highest BCUT2D eigenvalue weighted by Gasteiger charge is 2.10. The number of methoxy groups -OCH3 is 1. The molecule has 0 aliphatic carbocycles. The fourth-order valence-corrected chi connectivity index (χ4v) is 2.91. The molecule has 4 heteroatoms. The van der Waals surface area contributed by atoms with Crippen LogP contribution in [0.1, 0.15) is 5.56 Å². The lowest BCUT2D eigenvalue weighted by Gasteiger charge is -2.10. The number of alkyl halides is 1. The summed E-state index contributed by atoms with van der Waals surface area (Å²) < 4.78 is 10.9. The van der Waals surface area contributed by atoms with Crippen molar-refractivity contribution in [3.63, 3.8) is 0 Å². The van der Waals surface area contributed by atoms with Gasteiger partial charge in [-0.15, -0.1) is 0 Å². The van der Waals surface area contributed by atoms with Crippen molar-refractivity contribution in [3.05, 3.63) is 77.9 Å². The van der Waals surface area contributed by atoms with E-state index in [1.165, 1.54) is 7.11 Å². The van der Waals surface area contributed by atoms with Crippen molar-refractivity contribution in [3.8, 4) is 11.5 Å². The summed E-state index contributed by atoms with van der Waals surface area (Å²) in [5, 5.41) is 2.68. The molecular formula is C21H17BrO3. The highest BCUT2D eigenvalue weighted by molar-refractivity contribution is 9.09. The maximum atomic E-state index is 11.8. The van der Waals surface area contributed by atoms with Gasteiger partial charge in [0, 0.05) is 16.5 Å². The van der Waals surface area contributed by atoms with Crippen LogP contribution in [0.3, 0.4) is 0 Å². The Bertz CT molecular complexity index is 931. The lowest BCUT2D eigenvalue weighted by Crippen LogP contribution is -2.05. The van der Waals surface area contributed by atoms with Crippen LogP contribution in [0.25, 0.3) is 16.8 Å². The van der Waals surface area contributed by atoms with Gasteiger partial charge in [-0.3, -0.25) is 0 Å². The van der Waals surface area contributed by atoms with Gasteiger partial charge in [0.1, 0.15) is 11.5 Å². The number of halogens is 1. The van der Waals surface area contributed by atoms with E-state index in [-0.39, 0.29) is 5.97 Å². The molecule has 0 aromatic heterocycles. The lowest BCUT2D eigenvalue weighted by molar-refractivity contribution is -0.135. The van der Waals surface area contributed by atoms with Crippen LogP contribution in [0.5, 0.6) is 11.5 Å². The van der Waals surface area contributed by atoms with Crippen LogP contribution < -0.4 is 4.74 Å². The van der Waals surface area contributed by atoms with Crippen molar-refractivity contribution in [1.29, 1.82) is 0 Å². The second-order valence-electron chi connectivity index (χ2n) is 5.44. The molecular weight excluding hydrogens is 380 g/mol. The Labute approximate surface area is 155 Å². The Morgan fingerprint density at radius 3 is 2.48 bits per heavy atom. The number of fused-ring (bicyclic) bond motifs is 1. The second-order valence-corrected chi connectivity index (χ2v) is 6.00. The number of carbonyl (C=O) groups excluding carboxylic acids is 1. The van der Waals surface area contributed by atoms with Crippen molar-refractivity contribution in [2.45, 2.75) is 0 Å². The summed E-state index contributed by atoms with van der Waals surface area (Å²) in [6.45, 7) is 0. The van der Waals surface area contributed by atoms with Gasteiger partial charge in [0.15, 0.2) is 0 Å². The molecule has 3 nitrogen and oxygen atoms in total. The topological polar surface area (TPSA) is 35.5 Å². The molecule has 0 saturated carbocycles. The first-order chi connectivity index (χ1) is 12.2. The van der Waals surface area contributed by atoms with Crippen LogP contribution in [0, 0.1) is 0 Å². The first kappa shape index (κ1) is 17.2. The van der Waals surface area contributed by atoms with Gasteiger partial charge in [-0.05, 0) is 35.0 Å². The molecule has 3 aromatic rings. The zero-order valence-corrected chi connectivity index (χ0v) is 15.3. The highest BCUT2D eigenvalue weighted by Crippen LogP contribution is 2.29. The third kappa shape index (κ3) is 4.09. The van der Waals surface area contributed by atoms with Crippen LogP contribution in [-0.2, 0) is 9.53 Å². The summed E-state index contributed by atoms with van der Waals surface area (Å²) in [5.74, 6) is 1.07. The van der Waals surface area contributed by atoms with Crippen LogP contribution >= 0.6 is 15.9 Å². The summed E-state index contributed by atoms with van der Waals surface area (Å²) >= 11 is 3.32. The van der Waals surface area contributed by atoms with E-state index in [0.717, 1.165) is 22.1 Å². The van der Waals surface area contributed by atoms with E-state index in [1.54, 1.807) is 6.08 Å². The smallest absolute Gasteiger partial charge is 0.334 e. The predicted octanol–water partition coefficient (Wildman–Crippen LogP) is 5.58.